The van der Waals surface area contributed by atoms with Gasteiger partial charge in [0.15, 0.2) is 4.34 Å². The van der Waals surface area contributed by atoms with E-state index < -0.39 is 15.9 Å². The number of amides is 1. The van der Waals surface area contributed by atoms with Crippen LogP contribution < -0.4 is 9.62 Å². The zero-order valence-corrected chi connectivity index (χ0v) is 17.4. The molecule has 0 spiro atoms. The normalized spacial score (nSPS) is 11.3. The Labute approximate surface area is 162 Å². The minimum atomic E-state index is -3.60. The summed E-state index contributed by atoms with van der Waals surface area (Å²) in [6, 6.07) is 7.12. The summed E-state index contributed by atoms with van der Waals surface area (Å²) in [5.74, 6) is 0.469. The number of aromatic nitrogens is 2. The summed E-state index contributed by atoms with van der Waals surface area (Å²) in [6.45, 7) is 3.77. The van der Waals surface area contributed by atoms with Crippen LogP contribution in [0.1, 0.15) is 25.8 Å². The first kappa shape index (κ1) is 20.7. The Morgan fingerprint density at radius 1 is 1.23 bits per heavy atom. The highest BCUT2D eigenvalue weighted by atomic mass is 32.2. The molecule has 0 saturated carbocycles. The predicted molar refractivity (Wildman–Crippen MR) is 108 cm³/mol. The zero-order chi connectivity index (χ0) is 19.2. The molecule has 0 aliphatic carbocycles. The van der Waals surface area contributed by atoms with Crippen LogP contribution in [0, 0.1) is 0 Å². The van der Waals surface area contributed by atoms with Crippen molar-refractivity contribution in [3.05, 3.63) is 29.8 Å². The second kappa shape index (κ2) is 9.33. The number of carbonyl (C=O) groups excluding carboxylic acids is 1. The molecule has 0 saturated heterocycles. The minimum Gasteiger partial charge on any atom is -0.299 e. The monoisotopic (exact) mass is 414 g/mol. The molecule has 1 aromatic heterocycles. The molecule has 10 heteroatoms. The van der Waals surface area contributed by atoms with Crippen LogP contribution in [0.3, 0.4) is 0 Å². The van der Waals surface area contributed by atoms with Gasteiger partial charge in [-0.15, -0.1) is 10.2 Å². The van der Waals surface area contributed by atoms with Gasteiger partial charge < -0.3 is 0 Å². The average Bonchev–Trinajstić information content (AvgIpc) is 3.04. The summed E-state index contributed by atoms with van der Waals surface area (Å²) in [5, 5.41) is 10.9. The molecule has 0 atom stereocenters. The maximum atomic E-state index is 12.3. The topological polar surface area (TPSA) is 92.3 Å². The van der Waals surface area contributed by atoms with E-state index in [9.17, 15) is 13.2 Å². The second-order valence-electron chi connectivity index (χ2n) is 5.56. The Morgan fingerprint density at radius 3 is 2.50 bits per heavy atom. The van der Waals surface area contributed by atoms with Crippen LogP contribution in [0.4, 0.5) is 10.8 Å². The van der Waals surface area contributed by atoms with E-state index in [1.54, 1.807) is 23.9 Å². The summed E-state index contributed by atoms with van der Waals surface area (Å²) < 4.78 is 26.1. The number of carbonyl (C=O) groups is 1. The van der Waals surface area contributed by atoms with Crippen molar-refractivity contribution in [1.29, 1.82) is 0 Å². The lowest BCUT2D eigenvalue weighted by molar-refractivity contribution is -0.114. The Balaban J connectivity index is 2.07. The van der Waals surface area contributed by atoms with Crippen LogP contribution in [0.25, 0.3) is 0 Å². The third-order valence-corrected chi connectivity index (χ3v) is 6.72. The van der Waals surface area contributed by atoms with Gasteiger partial charge in [0.05, 0.1) is 11.9 Å². The first-order valence-corrected chi connectivity index (χ1v) is 11.8. The highest BCUT2D eigenvalue weighted by Gasteiger charge is 2.21. The molecule has 0 aliphatic heterocycles. The molecular weight excluding hydrogens is 392 g/mol. The summed E-state index contributed by atoms with van der Waals surface area (Å²) in [7, 11) is -3.60. The van der Waals surface area contributed by atoms with E-state index >= 15 is 0 Å². The number of rotatable bonds is 9. The number of hydrogen-bond donors (Lipinski definition) is 1. The van der Waals surface area contributed by atoms with Gasteiger partial charge in [0.25, 0.3) is 0 Å². The summed E-state index contributed by atoms with van der Waals surface area (Å²) in [6.07, 6.45) is 2.96. The molecule has 7 nitrogen and oxygen atoms in total. The molecule has 26 heavy (non-hydrogen) atoms. The van der Waals surface area contributed by atoms with Gasteiger partial charge in [0.1, 0.15) is 6.54 Å². The smallest absolute Gasteiger partial charge is 0.246 e. The van der Waals surface area contributed by atoms with Crippen LogP contribution in [0.5, 0.6) is 0 Å². The van der Waals surface area contributed by atoms with Gasteiger partial charge in [-0.2, -0.15) is 0 Å². The molecule has 1 N–H and O–H groups in total. The number of benzene rings is 1. The number of anilines is 2. The van der Waals surface area contributed by atoms with E-state index in [-0.39, 0.29) is 6.54 Å². The third kappa shape index (κ3) is 5.96. The maximum absolute atomic E-state index is 12.3. The van der Waals surface area contributed by atoms with Crippen LogP contribution in [-0.4, -0.2) is 43.1 Å². The molecule has 0 bridgehead atoms. The first-order valence-electron chi connectivity index (χ1n) is 8.16. The SMILES string of the molecule is CCCSc1nnc(NC(=O)CN(c2ccc(CC)cc2)S(C)(=O)=O)s1. The minimum absolute atomic E-state index is 0.318. The molecule has 0 fully saturated rings. The Kier molecular flexibility index (Phi) is 7.42. The molecule has 0 radical (unpaired) electrons. The van der Waals surface area contributed by atoms with Gasteiger partial charge in [-0.3, -0.25) is 14.4 Å². The Bertz CT molecular complexity index is 835. The molecule has 0 aliphatic rings. The van der Waals surface area contributed by atoms with E-state index in [2.05, 4.69) is 22.4 Å². The Morgan fingerprint density at radius 2 is 1.92 bits per heavy atom. The molecular formula is C16H22N4O3S3. The quantitative estimate of drug-likeness (QED) is 0.501. The average molecular weight is 415 g/mol. The molecule has 142 valence electrons. The van der Waals surface area contributed by atoms with Crippen molar-refractivity contribution in [3.8, 4) is 0 Å². The van der Waals surface area contributed by atoms with E-state index in [1.807, 2.05) is 19.1 Å². The van der Waals surface area contributed by atoms with E-state index in [1.165, 1.54) is 11.3 Å². The number of aryl methyl sites for hydroxylation is 1. The van der Waals surface area contributed by atoms with Crippen molar-refractivity contribution >= 4 is 49.8 Å². The highest BCUT2D eigenvalue weighted by molar-refractivity contribution is 8.01. The third-order valence-electron chi connectivity index (χ3n) is 3.40. The molecule has 0 unspecified atom stereocenters. The van der Waals surface area contributed by atoms with E-state index in [0.717, 1.165) is 39.1 Å². The van der Waals surface area contributed by atoms with E-state index in [0.29, 0.717) is 10.8 Å². The first-order chi connectivity index (χ1) is 12.3. The van der Waals surface area contributed by atoms with Crippen LogP contribution in [0.15, 0.2) is 28.6 Å². The van der Waals surface area contributed by atoms with Crippen LogP contribution in [0.2, 0.25) is 0 Å². The lowest BCUT2D eigenvalue weighted by Gasteiger charge is -2.21. The molecule has 1 amide bonds. The lowest BCUT2D eigenvalue weighted by Crippen LogP contribution is -2.37. The van der Waals surface area contributed by atoms with Crippen LogP contribution >= 0.6 is 23.1 Å². The highest BCUT2D eigenvalue weighted by Crippen LogP contribution is 2.26. The summed E-state index contributed by atoms with van der Waals surface area (Å²) in [4.78, 5) is 12.3. The van der Waals surface area contributed by atoms with E-state index in [4.69, 9.17) is 0 Å². The van der Waals surface area contributed by atoms with Gasteiger partial charge in [0, 0.05) is 5.75 Å². The van der Waals surface area contributed by atoms with Crippen molar-refractivity contribution in [2.45, 2.75) is 31.0 Å². The lowest BCUT2D eigenvalue weighted by atomic mass is 10.1. The summed E-state index contributed by atoms with van der Waals surface area (Å²) in [5.41, 5.74) is 1.55. The van der Waals surface area contributed by atoms with Crippen molar-refractivity contribution in [3.63, 3.8) is 0 Å². The van der Waals surface area contributed by atoms with Crippen molar-refractivity contribution in [1.82, 2.24) is 10.2 Å². The largest absolute Gasteiger partial charge is 0.299 e. The van der Waals surface area contributed by atoms with Gasteiger partial charge in [0.2, 0.25) is 21.1 Å². The maximum Gasteiger partial charge on any atom is 0.246 e. The van der Waals surface area contributed by atoms with Gasteiger partial charge >= 0.3 is 0 Å². The number of nitrogens with one attached hydrogen (secondary N) is 1. The molecule has 2 rings (SSSR count). The standard InChI is InChI=1S/C16H22N4O3S3/c1-4-10-24-16-19-18-15(25-16)17-14(21)11-20(26(3,22)23)13-8-6-12(5-2)7-9-13/h6-9H,4-5,10-11H2,1-3H3,(H,17,18,21). The number of sulfonamides is 1. The van der Waals surface area contributed by atoms with Crippen molar-refractivity contribution in [2.24, 2.45) is 0 Å². The predicted octanol–water partition coefficient (Wildman–Crippen LogP) is 3.01. The molecule has 1 aromatic carbocycles. The van der Waals surface area contributed by atoms with Crippen LogP contribution in [-0.2, 0) is 21.2 Å². The fourth-order valence-corrected chi connectivity index (χ4v) is 4.64. The van der Waals surface area contributed by atoms with Gasteiger partial charge in [-0.25, -0.2) is 8.42 Å². The van der Waals surface area contributed by atoms with Crippen molar-refractivity contribution < 1.29 is 13.2 Å². The van der Waals surface area contributed by atoms with Gasteiger partial charge in [-0.05, 0) is 30.5 Å². The summed E-state index contributed by atoms with van der Waals surface area (Å²) >= 11 is 2.85. The number of thioether (sulfide) groups is 1. The Hall–Kier alpha value is -1.65. The number of nitrogens with zero attached hydrogens (tertiary/aromatic N) is 3. The number of hydrogen-bond acceptors (Lipinski definition) is 7. The van der Waals surface area contributed by atoms with Crippen molar-refractivity contribution in [2.75, 3.05) is 28.2 Å². The second-order valence-corrected chi connectivity index (χ2v) is 9.79. The fraction of sp³-hybridized carbons (Fsp3) is 0.438. The molecule has 1 heterocycles. The zero-order valence-electron chi connectivity index (χ0n) is 14.9. The molecule has 2 aromatic rings. The fourth-order valence-electron chi connectivity index (χ4n) is 2.10. The van der Waals surface area contributed by atoms with Gasteiger partial charge in [-0.1, -0.05) is 49.1 Å².